The summed E-state index contributed by atoms with van der Waals surface area (Å²) in [6.45, 7) is 19.7. The van der Waals surface area contributed by atoms with E-state index in [9.17, 15) is 9.18 Å². The van der Waals surface area contributed by atoms with Crippen molar-refractivity contribution in [3.05, 3.63) is 70.8 Å². The first kappa shape index (κ1) is 74.1. The Balaban J connectivity index is -0.0000000560. The molecule has 2 aromatic carbocycles. The number of carbonyl (C=O) groups is 1. The van der Waals surface area contributed by atoms with Crippen molar-refractivity contribution >= 4 is 5.97 Å². The van der Waals surface area contributed by atoms with E-state index in [2.05, 4.69) is 46.8 Å². The van der Waals surface area contributed by atoms with Crippen LogP contribution in [-0.2, 0) is 14.9 Å². The van der Waals surface area contributed by atoms with Gasteiger partial charge in [-0.3, -0.25) is 4.79 Å². The number of rotatable bonds is 10. The molecular formula is C46H85FN4O2. The molecule has 0 amide bonds. The van der Waals surface area contributed by atoms with Crippen LogP contribution in [0, 0.1) is 56.2 Å². The van der Waals surface area contributed by atoms with E-state index in [1.165, 1.54) is 11.1 Å². The van der Waals surface area contributed by atoms with Gasteiger partial charge in [0, 0.05) is 0 Å². The van der Waals surface area contributed by atoms with Crippen LogP contribution in [0.2, 0.25) is 0 Å². The lowest BCUT2D eigenvalue weighted by Crippen LogP contribution is -2.25. The van der Waals surface area contributed by atoms with E-state index in [1.54, 1.807) is 6.92 Å². The summed E-state index contributed by atoms with van der Waals surface area (Å²) in [5, 5.41) is 33.7. The largest absolute Gasteiger partial charge is 0.464 e. The van der Waals surface area contributed by atoms with Crippen LogP contribution in [0.5, 0.6) is 0 Å². The predicted octanol–water partition coefficient (Wildman–Crippen LogP) is 15.2. The molecule has 2 atom stereocenters. The summed E-state index contributed by atoms with van der Waals surface area (Å²) in [5.41, 5.74) is 3.15. The van der Waals surface area contributed by atoms with Crippen molar-refractivity contribution in [3.8, 4) is 24.3 Å². The van der Waals surface area contributed by atoms with Gasteiger partial charge in [0.1, 0.15) is 13.3 Å². The maximum absolute atomic E-state index is 11.8. The normalized spacial score (nSPS) is 10.3. The van der Waals surface area contributed by atoms with E-state index in [1.807, 2.05) is 88.4 Å². The molecule has 2 rings (SSSR count). The Hall–Kier alpha value is -4.20. The van der Waals surface area contributed by atoms with E-state index in [4.69, 9.17) is 25.8 Å². The Morgan fingerprint density at radius 3 is 1.38 bits per heavy atom. The van der Waals surface area contributed by atoms with Crippen molar-refractivity contribution in [2.75, 3.05) is 13.3 Å². The molecule has 0 aliphatic carbocycles. The molecule has 308 valence electrons. The molecular weight excluding hydrogens is 660 g/mol. The highest BCUT2D eigenvalue weighted by Crippen LogP contribution is 2.26. The lowest BCUT2D eigenvalue weighted by atomic mass is 9.82. The molecule has 7 heteroatoms. The molecule has 0 heterocycles. The van der Waals surface area contributed by atoms with Gasteiger partial charge in [-0.25, -0.2) is 4.39 Å². The fourth-order valence-electron chi connectivity index (χ4n) is 3.05. The number of hydrogen-bond donors (Lipinski definition) is 0. The number of nitriles is 4. The molecule has 0 spiro atoms. The number of alkyl halides is 1. The van der Waals surface area contributed by atoms with Crippen molar-refractivity contribution in [1.29, 1.82) is 21.0 Å². The van der Waals surface area contributed by atoms with Gasteiger partial charge < -0.3 is 4.74 Å². The quantitative estimate of drug-likeness (QED) is 0.176. The average molecular weight is 745 g/mol. The average Bonchev–Trinajstić information content (AvgIpc) is 3.08. The van der Waals surface area contributed by atoms with Crippen molar-refractivity contribution in [1.82, 2.24) is 0 Å². The second kappa shape index (κ2) is 39.0. The number of ether oxygens (including phenoxy) is 1. The zero-order chi connectivity index (χ0) is 35.1. The maximum Gasteiger partial charge on any atom is 0.311 e. The molecule has 0 saturated carbocycles. The minimum Gasteiger partial charge on any atom is -0.464 e. The van der Waals surface area contributed by atoms with Crippen LogP contribution in [-0.4, -0.2) is 19.3 Å². The van der Waals surface area contributed by atoms with E-state index >= 15 is 0 Å². The van der Waals surface area contributed by atoms with E-state index in [0.29, 0.717) is 12.3 Å². The van der Waals surface area contributed by atoms with Crippen molar-refractivity contribution in [3.63, 3.8) is 0 Å². The molecule has 0 aromatic heterocycles. The van der Waals surface area contributed by atoms with Gasteiger partial charge >= 0.3 is 5.97 Å². The minimum absolute atomic E-state index is 0. The predicted molar refractivity (Wildman–Crippen MR) is 233 cm³/mol. The van der Waals surface area contributed by atoms with Crippen molar-refractivity contribution < 1.29 is 13.9 Å². The van der Waals surface area contributed by atoms with Crippen LogP contribution in [0.4, 0.5) is 4.39 Å². The third-order valence-corrected chi connectivity index (χ3v) is 8.13. The third kappa shape index (κ3) is 30.0. The smallest absolute Gasteiger partial charge is 0.311 e. The Bertz CT molecular complexity index is 1290. The second-order valence-corrected chi connectivity index (χ2v) is 12.4. The van der Waals surface area contributed by atoms with E-state index < -0.39 is 17.5 Å². The summed E-state index contributed by atoms with van der Waals surface area (Å²) in [6, 6.07) is 23.7. The summed E-state index contributed by atoms with van der Waals surface area (Å²) in [4.78, 5) is 11.2. The van der Waals surface area contributed by atoms with Gasteiger partial charge in [-0.1, -0.05) is 132 Å². The van der Waals surface area contributed by atoms with Gasteiger partial charge in [0.25, 0.3) is 0 Å². The first-order valence-corrected chi connectivity index (χ1v) is 15.6. The molecule has 0 fully saturated rings. The summed E-state index contributed by atoms with van der Waals surface area (Å²) in [6.07, 6.45) is 3.86. The highest BCUT2D eigenvalue weighted by atomic mass is 19.1. The molecule has 0 radical (unpaired) electrons. The van der Waals surface area contributed by atoms with Crippen LogP contribution in [0.3, 0.4) is 0 Å². The highest BCUT2D eigenvalue weighted by Gasteiger charge is 2.26. The highest BCUT2D eigenvalue weighted by molar-refractivity contribution is 5.75. The third-order valence-electron chi connectivity index (χ3n) is 8.13. The van der Waals surface area contributed by atoms with Gasteiger partial charge in [-0.05, 0) is 93.2 Å². The molecule has 0 aliphatic rings. The van der Waals surface area contributed by atoms with Crippen LogP contribution < -0.4 is 0 Å². The molecule has 53 heavy (non-hydrogen) atoms. The first-order valence-electron chi connectivity index (χ1n) is 15.6. The maximum atomic E-state index is 11.8. The fraction of sp³-hybridized carbons (Fsp3) is 0.630. The molecule has 0 saturated heterocycles. The first-order chi connectivity index (χ1) is 21.1. The van der Waals surface area contributed by atoms with Crippen molar-refractivity contribution in [2.24, 2.45) is 10.8 Å². The summed E-state index contributed by atoms with van der Waals surface area (Å²) >= 11 is 0. The SMILES string of the molecule is C.C.C.C.C.C.C.C.CCC(C)(C#N)CF.CCC(C)(C)C(=O)OCCC#N.CCC(C)(C)c1ccc(C#N)cc1.CCC(C)c1ccc(C#N)cc1. The van der Waals surface area contributed by atoms with Gasteiger partial charge in [0.05, 0.1) is 52.7 Å². The number of benzene rings is 2. The number of esters is 1. The standard InChI is InChI=1S/C12H15N.C11H13N.C9H15NO2.C6H10FN.8CH4/c1-4-12(2,3)11-7-5-10(9-13)6-8-11;1-3-9(2)11-6-4-10(8-12)5-7-11;1-4-9(2,3)8(11)12-7-5-6-10;1-3-6(2,4-7)5-8;;;;;;;;/h5-8H,4H2,1-3H3;4-7,9H,3H2,1-2H3;4-5,7H2,1-3H3;3-4H2,1-2H3;8*1H4. The Labute approximate surface area is 331 Å². The molecule has 2 unspecified atom stereocenters. The fourth-order valence-corrected chi connectivity index (χ4v) is 3.05. The topological polar surface area (TPSA) is 121 Å². The van der Waals surface area contributed by atoms with Gasteiger partial charge in [-0.2, -0.15) is 21.0 Å². The Kier molecular flexibility index (Phi) is 54.5. The number of halogens is 1. The molecule has 0 aliphatic heterocycles. The second-order valence-electron chi connectivity index (χ2n) is 12.4. The molecule has 6 nitrogen and oxygen atoms in total. The van der Waals surface area contributed by atoms with Gasteiger partial charge in [0.15, 0.2) is 0 Å². The summed E-state index contributed by atoms with van der Waals surface area (Å²) in [7, 11) is 0. The lowest BCUT2D eigenvalue weighted by molar-refractivity contribution is -0.153. The molecule has 2 aromatic rings. The Morgan fingerprint density at radius 1 is 0.698 bits per heavy atom. The van der Waals surface area contributed by atoms with Crippen LogP contribution in [0.15, 0.2) is 48.5 Å². The van der Waals surface area contributed by atoms with Gasteiger partial charge in [0.2, 0.25) is 0 Å². The lowest BCUT2D eigenvalue weighted by Gasteiger charge is -2.23. The number of carbonyl (C=O) groups excluding carboxylic acids is 1. The van der Waals surface area contributed by atoms with E-state index in [-0.39, 0.29) is 83.8 Å². The zero-order valence-corrected chi connectivity index (χ0v) is 29.1. The Morgan fingerprint density at radius 2 is 1.11 bits per heavy atom. The van der Waals surface area contributed by atoms with Gasteiger partial charge in [-0.15, -0.1) is 0 Å². The number of hydrogen-bond acceptors (Lipinski definition) is 6. The monoisotopic (exact) mass is 745 g/mol. The van der Waals surface area contributed by atoms with Crippen LogP contribution in [0.1, 0.15) is 189 Å². The number of nitrogens with zero attached hydrogens (tertiary/aromatic N) is 4. The molecule has 0 N–H and O–H groups in total. The van der Waals surface area contributed by atoms with E-state index in [0.717, 1.165) is 30.4 Å². The minimum atomic E-state index is -0.736. The molecule has 0 bridgehead atoms. The summed E-state index contributed by atoms with van der Waals surface area (Å²) < 4.78 is 16.7. The zero-order valence-electron chi connectivity index (χ0n) is 29.1. The van der Waals surface area contributed by atoms with Crippen LogP contribution >= 0.6 is 0 Å². The van der Waals surface area contributed by atoms with Crippen LogP contribution in [0.25, 0.3) is 0 Å². The summed E-state index contributed by atoms with van der Waals surface area (Å²) in [5.74, 6) is 0.373. The van der Waals surface area contributed by atoms with Crippen molar-refractivity contribution in [2.45, 2.75) is 172 Å².